The van der Waals surface area contributed by atoms with E-state index in [9.17, 15) is 8.42 Å². The van der Waals surface area contributed by atoms with Gasteiger partial charge in [0.25, 0.3) is 0 Å². The van der Waals surface area contributed by atoms with Crippen LogP contribution in [0.1, 0.15) is 12.7 Å². The average Bonchev–Trinajstić information content (AvgIpc) is 2.76. The second-order valence-corrected chi connectivity index (χ2v) is 7.15. The third kappa shape index (κ3) is 3.74. The fraction of sp³-hybridized carbons (Fsp3) is 0.429. The first-order valence-electron chi connectivity index (χ1n) is 6.35. The van der Waals surface area contributed by atoms with Crippen LogP contribution in [0.3, 0.4) is 0 Å². The van der Waals surface area contributed by atoms with Gasteiger partial charge >= 0.3 is 0 Å². The molecule has 0 fully saturated rings. The summed E-state index contributed by atoms with van der Waals surface area (Å²) in [5, 5.41) is 4.11. The summed E-state index contributed by atoms with van der Waals surface area (Å²) in [5.41, 5.74) is 0.711. The Morgan fingerprint density at radius 3 is 2.80 bits per heavy atom. The molecule has 5 nitrogen and oxygen atoms in total. The van der Waals surface area contributed by atoms with E-state index in [2.05, 4.69) is 5.32 Å². The van der Waals surface area contributed by atoms with Crippen LogP contribution in [0.4, 0.5) is 0 Å². The predicted octanol–water partition coefficient (Wildman–Crippen LogP) is 1.96. The Morgan fingerprint density at radius 1 is 1.40 bits per heavy atom. The minimum absolute atomic E-state index is 0.108. The molecule has 0 radical (unpaired) electrons. The molecule has 1 heterocycles. The SMILES string of the molecule is COc1cccc2cc(CNC(C)CS(C)(=O)=O)oc12. The average molecular weight is 297 g/mol. The Morgan fingerprint density at radius 2 is 2.15 bits per heavy atom. The lowest BCUT2D eigenvalue weighted by atomic mass is 10.2. The molecule has 1 aromatic carbocycles. The predicted molar refractivity (Wildman–Crippen MR) is 78.8 cm³/mol. The van der Waals surface area contributed by atoms with Crippen LogP contribution in [-0.2, 0) is 16.4 Å². The minimum atomic E-state index is -2.98. The van der Waals surface area contributed by atoms with Gasteiger partial charge < -0.3 is 14.5 Å². The number of fused-ring (bicyclic) bond motifs is 1. The number of nitrogens with one attached hydrogen (secondary N) is 1. The molecule has 2 aromatic rings. The van der Waals surface area contributed by atoms with Crippen molar-refractivity contribution in [2.75, 3.05) is 19.1 Å². The van der Waals surface area contributed by atoms with Gasteiger partial charge in [-0.05, 0) is 19.1 Å². The number of benzene rings is 1. The van der Waals surface area contributed by atoms with Crippen molar-refractivity contribution in [2.45, 2.75) is 19.5 Å². The van der Waals surface area contributed by atoms with E-state index in [4.69, 9.17) is 9.15 Å². The number of sulfone groups is 1. The fourth-order valence-electron chi connectivity index (χ4n) is 2.13. The number of hydrogen-bond donors (Lipinski definition) is 1. The number of furan rings is 1. The van der Waals surface area contributed by atoms with Crippen molar-refractivity contribution in [3.05, 3.63) is 30.0 Å². The topological polar surface area (TPSA) is 68.5 Å². The van der Waals surface area contributed by atoms with E-state index in [0.717, 1.165) is 11.1 Å². The quantitative estimate of drug-likeness (QED) is 0.883. The first kappa shape index (κ1) is 14.9. The van der Waals surface area contributed by atoms with Gasteiger partial charge in [-0.2, -0.15) is 0 Å². The number of hydrogen-bond acceptors (Lipinski definition) is 5. The van der Waals surface area contributed by atoms with E-state index < -0.39 is 9.84 Å². The van der Waals surface area contributed by atoms with Crippen LogP contribution in [0.25, 0.3) is 11.0 Å². The zero-order valence-electron chi connectivity index (χ0n) is 11.8. The van der Waals surface area contributed by atoms with E-state index in [-0.39, 0.29) is 11.8 Å². The third-order valence-corrected chi connectivity index (χ3v) is 4.06. The van der Waals surface area contributed by atoms with E-state index >= 15 is 0 Å². The van der Waals surface area contributed by atoms with Gasteiger partial charge in [0.1, 0.15) is 15.6 Å². The van der Waals surface area contributed by atoms with Crippen LogP contribution >= 0.6 is 0 Å². The largest absolute Gasteiger partial charge is 0.493 e. The summed E-state index contributed by atoms with van der Waals surface area (Å²) in [7, 11) is -1.38. The summed E-state index contributed by atoms with van der Waals surface area (Å²) < 4.78 is 33.4. The van der Waals surface area contributed by atoms with Crippen molar-refractivity contribution in [1.82, 2.24) is 5.32 Å². The summed E-state index contributed by atoms with van der Waals surface area (Å²) in [4.78, 5) is 0. The molecule has 20 heavy (non-hydrogen) atoms. The molecule has 1 unspecified atom stereocenters. The van der Waals surface area contributed by atoms with Gasteiger partial charge in [-0.25, -0.2) is 8.42 Å². The molecule has 1 aromatic heterocycles. The summed E-state index contributed by atoms with van der Waals surface area (Å²) in [6.07, 6.45) is 1.23. The lowest BCUT2D eigenvalue weighted by Crippen LogP contribution is -2.32. The highest BCUT2D eigenvalue weighted by Crippen LogP contribution is 2.28. The standard InChI is InChI=1S/C14H19NO4S/c1-10(9-20(3,16)17)15-8-12-7-11-5-4-6-13(18-2)14(11)19-12/h4-7,10,15H,8-9H2,1-3H3. The first-order chi connectivity index (χ1) is 9.39. The Kier molecular flexibility index (Phi) is 4.35. The Balaban J connectivity index is 2.07. The Labute approximate surface area is 118 Å². The second kappa shape index (κ2) is 5.85. The lowest BCUT2D eigenvalue weighted by Gasteiger charge is -2.10. The van der Waals surface area contributed by atoms with Crippen LogP contribution in [0, 0.1) is 0 Å². The third-order valence-electron chi connectivity index (χ3n) is 2.96. The van der Waals surface area contributed by atoms with Crippen LogP contribution in [0.5, 0.6) is 5.75 Å². The molecule has 1 atom stereocenters. The molecular formula is C14H19NO4S. The maximum atomic E-state index is 11.2. The van der Waals surface area contributed by atoms with Gasteiger partial charge in [0.2, 0.25) is 0 Å². The first-order valence-corrected chi connectivity index (χ1v) is 8.41. The van der Waals surface area contributed by atoms with Gasteiger partial charge in [0, 0.05) is 17.7 Å². The minimum Gasteiger partial charge on any atom is -0.493 e. The van der Waals surface area contributed by atoms with Crippen molar-refractivity contribution in [3.8, 4) is 5.75 Å². The molecule has 0 aliphatic heterocycles. The molecule has 0 amide bonds. The maximum absolute atomic E-state index is 11.2. The zero-order valence-corrected chi connectivity index (χ0v) is 12.7. The van der Waals surface area contributed by atoms with Gasteiger partial charge in [-0.15, -0.1) is 0 Å². The molecule has 110 valence electrons. The smallest absolute Gasteiger partial charge is 0.176 e. The van der Waals surface area contributed by atoms with E-state index in [1.54, 1.807) is 7.11 Å². The Hall–Kier alpha value is -1.53. The van der Waals surface area contributed by atoms with Gasteiger partial charge in [-0.1, -0.05) is 12.1 Å². The number of methoxy groups -OCH3 is 1. The summed E-state index contributed by atoms with van der Waals surface area (Å²) in [6, 6.07) is 7.50. The van der Waals surface area contributed by atoms with Gasteiger partial charge in [0.05, 0.1) is 19.4 Å². The highest BCUT2D eigenvalue weighted by atomic mass is 32.2. The van der Waals surface area contributed by atoms with E-state index in [1.807, 2.05) is 31.2 Å². The molecule has 0 bridgehead atoms. The summed E-state index contributed by atoms with van der Waals surface area (Å²) >= 11 is 0. The molecule has 1 N–H and O–H groups in total. The Bertz CT molecular complexity index is 690. The van der Waals surface area contributed by atoms with E-state index in [0.29, 0.717) is 17.9 Å². The van der Waals surface area contributed by atoms with Crippen molar-refractivity contribution >= 4 is 20.8 Å². The summed E-state index contributed by atoms with van der Waals surface area (Å²) in [5.74, 6) is 1.55. The normalized spacial score (nSPS) is 13.6. The molecule has 2 rings (SSSR count). The summed E-state index contributed by atoms with van der Waals surface area (Å²) in [6.45, 7) is 2.32. The lowest BCUT2D eigenvalue weighted by molar-refractivity contribution is 0.405. The van der Waals surface area contributed by atoms with Crippen molar-refractivity contribution in [3.63, 3.8) is 0 Å². The molecular weight excluding hydrogens is 278 g/mol. The molecule has 6 heteroatoms. The number of rotatable bonds is 6. The van der Waals surface area contributed by atoms with Crippen molar-refractivity contribution in [1.29, 1.82) is 0 Å². The number of para-hydroxylation sites is 1. The second-order valence-electron chi connectivity index (χ2n) is 4.97. The van der Waals surface area contributed by atoms with Crippen LogP contribution in [-0.4, -0.2) is 33.6 Å². The van der Waals surface area contributed by atoms with Crippen LogP contribution in [0.15, 0.2) is 28.7 Å². The van der Waals surface area contributed by atoms with Gasteiger partial charge in [-0.3, -0.25) is 0 Å². The van der Waals surface area contributed by atoms with Crippen LogP contribution < -0.4 is 10.1 Å². The number of ether oxygens (including phenoxy) is 1. The molecule has 0 aliphatic rings. The highest BCUT2D eigenvalue weighted by Gasteiger charge is 2.12. The zero-order chi connectivity index (χ0) is 14.8. The van der Waals surface area contributed by atoms with E-state index in [1.165, 1.54) is 6.26 Å². The monoisotopic (exact) mass is 297 g/mol. The molecule has 0 spiro atoms. The molecule has 0 aliphatic carbocycles. The molecule has 0 saturated heterocycles. The van der Waals surface area contributed by atoms with Crippen molar-refractivity contribution < 1.29 is 17.6 Å². The van der Waals surface area contributed by atoms with Crippen molar-refractivity contribution in [2.24, 2.45) is 0 Å². The van der Waals surface area contributed by atoms with Gasteiger partial charge in [0.15, 0.2) is 11.3 Å². The maximum Gasteiger partial charge on any atom is 0.176 e. The molecule has 0 saturated carbocycles. The highest BCUT2D eigenvalue weighted by molar-refractivity contribution is 7.90. The fourth-order valence-corrected chi connectivity index (χ4v) is 3.15. The van der Waals surface area contributed by atoms with Crippen LogP contribution in [0.2, 0.25) is 0 Å².